The molecule has 76 valence electrons. The van der Waals surface area contributed by atoms with Crippen LogP contribution in [0.1, 0.15) is 38.7 Å². The van der Waals surface area contributed by atoms with Crippen molar-refractivity contribution in [1.82, 2.24) is 9.97 Å². The second-order valence-corrected chi connectivity index (χ2v) is 4.83. The van der Waals surface area contributed by atoms with Gasteiger partial charge in [0, 0.05) is 12.0 Å². The highest BCUT2D eigenvalue weighted by atomic mass is 15.0. The molecule has 0 atom stereocenters. The van der Waals surface area contributed by atoms with Crippen LogP contribution in [0.25, 0.3) is 0 Å². The first-order valence-electron chi connectivity index (χ1n) is 5.17. The molecule has 0 aromatic carbocycles. The van der Waals surface area contributed by atoms with Crippen molar-refractivity contribution in [2.24, 2.45) is 0 Å². The van der Waals surface area contributed by atoms with E-state index in [0.29, 0.717) is 0 Å². The summed E-state index contributed by atoms with van der Waals surface area (Å²) in [6, 6.07) is 0. The third-order valence-corrected chi connectivity index (χ3v) is 2.44. The zero-order chi connectivity index (χ0) is 10.2. The molecule has 0 saturated carbocycles. The highest BCUT2D eigenvalue weighted by molar-refractivity contribution is 5.47. The van der Waals surface area contributed by atoms with Gasteiger partial charge in [0.25, 0.3) is 0 Å². The smallest absolute Gasteiger partial charge is 0.134 e. The minimum atomic E-state index is 0.0481. The molecule has 0 bridgehead atoms. The lowest BCUT2D eigenvalue weighted by atomic mass is 9.95. The SMILES string of the molecule is CC(C)(C)c1ncc2c(n1)CCCN2. The van der Waals surface area contributed by atoms with Crippen molar-refractivity contribution >= 4 is 5.69 Å². The molecule has 0 amide bonds. The maximum absolute atomic E-state index is 4.61. The van der Waals surface area contributed by atoms with E-state index in [2.05, 4.69) is 36.1 Å². The fourth-order valence-corrected chi connectivity index (χ4v) is 1.60. The van der Waals surface area contributed by atoms with Crippen LogP contribution in [0.2, 0.25) is 0 Å². The summed E-state index contributed by atoms with van der Waals surface area (Å²) in [4.78, 5) is 9.00. The first kappa shape index (κ1) is 9.44. The van der Waals surface area contributed by atoms with Crippen LogP contribution in [-0.2, 0) is 11.8 Å². The molecule has 2 heterocycles. The highest BCUT2D eigenvalue weighted by Crippen LogP contribution is 2.23. The number of nitrogens with zero attached hydrogens (tertiary/aromatic N) is 2. The number of nitrogens with one attached hydrogen (secondary N) is 1. The van der Waals surface area contributed by atoms with Gasteiger partial charge in [-0.15, -0.1) is 0 Å². The first-order valence-corrected chi connectivity index (χ1v) is 5.17. The fraction of sp³-hybridized carbons (Fsp3) is 0.636. The molecule has 3 heteroatoms. The van der Waals surface area contributed by atoms with Gasteiger partial charge in [-0.1, -0.05) is 20.8 Å². The van der Waals surface area contributed by atoms with Crippen LogP contribution in [0.4, 0.5) is 5.69 Å². The Labute approximate surface area is 85.0 Å². The minimum absolute atomic E-state index is 0.0481. The van der Waals surface area contributed by atoms with Gasteiger partial charge < -0.3 is 5.32 Å². The third kappa shape index (κ3) is 1.72. The number of fused-ring (bicyclic) bond motifs is 1. The lowest BCUT2D eigenvalue weighted by molar-refractivity contribution is 0.539. The maximum Gasteiger partial charge on any atom is 0.134 e. The number of hydrogen-bond donors (Lipinski definition) is 1. The highest BCUT2D eigenvalue weighted by Gasteiger charge is 2.19. The Morgan fingerprint density at radius 1 is 1.36 bits per heavy atom. The van der Waals surface area contributed by atoms with Gasteiger partial charge in [-0.3, -0.25) is 0 Å². The van der Waals surface area contributed by atoms with Crippen molar-refractivity contribution in [2.75, 3.05) is 11.9 Å². The van der Waals surface area contributed by atoms with Crippen molar-refractivity contribution in [3.05, 3.63) is 17.7 Å². The molecule has 0 fully saturated rings. The van der Waals surface area contributed by atoms with Crippen LogP contribution in [0, 0.1) is 0 Å². The van der Waals surface area contributed by atoms with Crippen LogP contribution in [0.15, 0.2) is 6.20 Å². The van der Waals surface area contributed by atoms with E-state index in [4.69, 9.17) is 0 Å². The Kier molecular flexibility index (Phi) is 2.17. The second kappa shape index (κ2) is 3.23. The van der Waals surface area contributed by atoms with Crippen LogP contribution in [-0.4, -0.2) is 16.5 Å². The van der Waals surface area contributed by atoms with E-state index >= 15 is 0 Å². The van der Waals surface area contributed by atoms with Gasteiger partial charge in [-0.2, -0.15) is 0 Å². The fourth-order valence-electron chi connectivity index (χ4n) is 1.60. The van der Waals surface area contributed by atoms with Crippen molar-refractivity contribution in [3.8, 4) is 0 Å². The Balaban J connectivity index is 2.39. The molecular formula is C11H17N3. The summed E-state index contributed by atoms with van der Waals surface area (Å²) in [5.74, 6) is 0.944. The van der Waals surface area contributed by atoms with E-state index < -0.39 is 0 Å². The number of hydrogen-bond acceptors (Lipinski definition) is 3. The molecule has 0 radical (unpaired) electrons. The van der Waals surface area contributed by atoms with E-state index in [-0.39, 0.29) is 5.41 Å². The van der Waals surface area contributed by atoms with Gasteiger partial charge in [0.05, 0.1) is 17.6 Å². The average molecular weight is 191 g/mol. The molecule has 0 aliphatic carbocycles. The summed E-state index contributed by atoms with van der Waals surface area (Å²) in [5.41, 5.74) is 2.34. The summed E-state index contributed by atoms with van der Waals surface area (Å²) in [5, 5.41) is 3.32. The zero-order valence-corrected chi connectivity index (χ0v) is 9.09. The predicted octanol–water partition coefficient (Wildman–Crippen LogP) is 2.13. The number of aromatic nitrogens is 2. The van der Waals surface area contributed by atoms with E-state index in [9.17, 15) is 0 Å². The number of aryl methyl sites for hydroxylation is 1. The first-order chi connectivity index (χ1) is 6.57. The molecule has 1 aliphatic rings. The number of rotatable bonds is 0. The topological polar surface area (TPSA) is 37.8 Å². The summed E-state index contributed by atoms with van der Waals surface area (Å²) in [6.45, 7) is 7.48. The Morgan fingerprint density at radius 3 is 2.86 bits per heavy atom. The summed E-state index contributed by atoms with van der Waals surface area (Å²) >= 11 is 0. The predicted molar refractivity (Wildman–Crippen MR) is 57.5 cm³/mol. The quantitative estimate of drug-likeness (QED) is 0.682. The van der Waals surface area contributed by atoms with Gasteiger partial charge in [0.15, 0.2) is 0 Å². The van der Waals surface area contributed by atoms with E-state index in [0.717, 1.165) is 24.5 Å². The summed E-state index contributed by atoms with van der Waals surface area (Å²) in [6.07, 6.45) is 4.17. The van der Waals surface area contributed by atoms with Crippen LogP contribution < -0.4 is 5.32 Å². The van der Waals surface area contributed by atoms with Crippen molar-refractivity contribution in [1.29, 1.82) is 0 Å². The van der Waals surface area contributed by atoms with E-state index in [1.54, 1.807) is 0 Å². The molecule has 2 rings (SSSR count). The van der Waals surface area contributed by atoms with Crippen molar-refractivity contribution in [3.63, 3.8) is 0 Å². The molecular weight excluding hydrogens is 174 g/mol. The van der Waals surface area contributed by atoms with Crippen LogP contribution >= 0.6 is 0 Å². The van der Waals surface area contributed by atoms with Gasteiger partial charge in [0.2, 0.25) is 0 Å². The largest absolute Gasteiger partial charge is 0.382 e. The third-order valence-electron chi connectivity index (χ3n) is 2.44. The Bertz CT molecular complexity index is 339. The van der Waals surface area contributed by atoms with E-state index in [1.165, 1.54) is 12.1 Å². The van der Waals surface area contributed by atoms with Crippen molar-refractivity contribution in [2.45, 2.75) is 39.0 Å². The molecule has 3 nitrogen and oxygen atoms in total. The van der Waals surface area contributed by atoms with E-state index in [1.807, 2.05) is 6.20 Å². The lowest BCUT2D eigenvalue weighted by Crippen LogP contribution is -2.20. The van der Waals surface area contributed by atoms with Gasteiger partial charge in [-0.25, -0.2) is 9.97 Å². The molecule has 14 heavy (non-hydrogen) atoms. The molecule has 0 spiro atoms. The normalized spacial score (nSPS) is 15.9. The van der Waals surface area contributed by atoms with Crippen molar-refractivity contribution < 1.29 is 0 Å². The molecule has 1 N–H and O–H groups in total. The molecule has 1 aromatic rings. The van der Waals surface area contributed by atoms with Crippen LogP contribution in [0.3, 0.4) is 0 Å². The maximum atomic E-state index is 4.61. The molecule has 1 aromatic heterocycles. The van der Waals surface area contributed by atoms with Gasteiger partial charge in [-0.05, 0) is 12.8 Å². The standard InChI is InChI=1S/C11H17N3/c1-11(2,3)10-13-7-9-8(14-10)5-4-6-12-9/h7,12H,4-6H2,1-3H3. The average Bonchev–Trinajstić information content (AvgIpc) is 2.16. The number of anilines is 1. The summed E-state index contributed by atoms with van der Waals surface area (Å²) < 4.78 is 0. The van der Waals surface area contributed by atoms with Gasteiger partial charge >= 0.3 is 0 Å². The molecule has 1 aliphatic heterocycles. The second-order valence-electron chi connectivity index (χ2n) is 4.83. The Hall–Kier alpha value is -1.12. The molecule has 0 saturated heterocycles. The summed E-state index contributed by atoms with van der Waals surface area (Å²) in [7, 11) is 0. The molecule has 0 unspecified atom stereocenters. The zero-order valence-electron chi connectivity index (χ0n) is 9.09. The monoisotopic (exact) mass is 191 g/mol. The van der Waals surface area contributed by atoms with Crippen LogP contribution in [0.5, 0.6) is 0 Å². The van der Waals surface area contributed by atoms with Gasteiger partial charge in [0.1, 0.15) is 5.82 Å². The minimum Gasteiger partial charge on any atom is -0.382 e. The Morgan fingerprint density at radius 2 is 2.14 bits per heavy atom. The lowest BCUT2D eigenvalue weighted by Gasteiger charge is -2.21.